The molecule has 1 amide bonds. The minimum Gasteiger partial charge on any atom is -0.358 e. The van der Waals surface area contributed by atoms with Gasteiger partial charge >= 0.3 is 0 Å². The lowest BCUT2D eigenvalue weighted by Crippen LogP contribution is -2.32. The first-order valence-corrected chi connectivity index (χ1v) is 9.14. The van der Waals surface area contributed by atoms with Crippen molar-refractivity contribution in [2.75, 3.05) is 25.5 Å². The zero-order chi connectivity index (χ0) is 20.1. The summed E-state index contributed by atoms with van der Waals surface area (Å²) in [4.78, 5) is 31.1. The van der Waals surface area contributed by atoms with Gasteiger partial charge in [-0.15, -0.1) is 0 Å². The van der Waals surface area contributed by atoms with E-state index in [0.717, 1.165) is 5.56 Å². The van der Waals surface area contributed by atoms with E-state index < -0.39 is 0 Å². The first kappa shape index (κ1) is 19.5. The summed E-state index contributed by atoms with van der Waals surface area (Å²) in [5.74, 6) is -0.0726. The number of halogens is 1. The molecule has 0 unspecified atom stereocenters. The molecule has 1 aromatic heterocycles. The monoisotopic (exact) mass is 382 g/mol. The molecule has 0 radical (unpaired) electrons. The number of amides is 1. The Hall–Kier alpha value is -3.22. The second-order valence-corrected chi connectivity index (χ2v) is 6.75. The number of aromatic nitrogens is 2. The van der Waals surface area contributed by atoms with Crippen LogP contribution in [0.25, 0.3) is 11.0 Å². The molecule has 0 aliphatic rings. The third-order valence-corrected chi connectivity index (χ3v) is 4.47. The van der Waals surface area contributed by atoms with Crippen LogP contribution in [0.15, 0.2) is 53.3 Å². The summed E-state index contributed by atoms with van der Waals surface area (Å²) in [7, 11) is 3.54. The summed E-state index contributed by atoms with van der Waals surface area (Å²) in [5, 5.41) is 2.85. The highest BCUT2D eigenvalue weighted by molar-refractivity contribution is 5.78. The SMILES string of the molecule is CN(C)c1nc2ccccc2n(CCC(=O)NCCc2ccc(F)cc2)c1=O. The molecule has 1 N–H and O–H groups in total. The fourth-order valence-electron chi connectivity index (χ4n) is 2.99. The van der Waals surface area contributed by atoms with Crippen molar-refractivity contribution in [2.45, 2.75) is 19.4 Å². The lowest BCUT2D eigenvalue weighted by Gasteiger charge is -2.16. The predicted molar refractivity (Wildman–Crippen MR) is 108 cm³/mol. The van der Waals surface area contributed by atoms with Crippen LogP contribution in [0.1, 0.15) is 12.0 Å². The second-order valence-electron chi connectivity index (χ2n) is 6.75. The Bertz CT molecular complexity index is 1030. The van der Waals surface area contributed by atoms with Gasteiger partial charge in [-0.3, -0.25) is 9.59 Å². The molecule has 0 atom stereocenters. The quantitative estimate of drug-likeness (QED) is 0.681. The number of anilines is 1. The molecule has 0 aliphatic carbocycles. The van der Waals surface area contributed by atoms with Crippen LogP contribution in [-0.4, -0.2) is 36.1 Å². The molecule has 0 spiro atoms. The number of nitrogens with one attached hydrogen (secondary N) is 1. The van der Waals surface area contributed by atoms with Gasteiger partial charge in [-0.25, -0.2) is 9.37 Å². The van der Waals surface area contributed by atoms with Gasteiger partial charge in [0.2, 0.25) is 5.91 Å². The van der Waals surface area contributed by atoms with Gasteiger partial charge in [0, 0.05) is 33.6 Å². The zero-order valence-corrected chi connectivity index (χ0v) is 16.0. The number of benzene rings is 2. The van der Waals surface area contributed by atoms with Gasteiger partial charge in [-0.1, -0.05) is 24.3 Å². The minimum absolute atomic E-state index is 0.138. The Morgan fingerprint density at radius 1 is 1.14 bits per heavy atom. The fourth-order valence-corrected chi connectivity index (χ4v) is 2.99. The lowest BCUT2D eigenvalue weighted by molar-refractivity contribution is -0.121. The molecule has 3 aromatic rings. The van der Waals surface area contributed by atoms with E-state index in [9.17, 15) is 14.0 Å². The van der Waals surface area contributed by atoms with Crippen LogP contribution in [0, 0.1) is 5.82 Å². The average molecular weight is 382 g/mol. The van der Waals surface area contributed by atoms with Crippen LogP contribution in [0.4, 0.5) is 10.2 Å². The number of hydrogen-bond acceptors (Lipinski definition) is 4. The highest BCUT2D eigenvalue weighted by Gasteiger charge is 2.13. The highest BCUT2D eigenvalue weighted by atomic mass is 19.1. The number of rotatable bonds is 7. The molecule has 0 aliphatic heterocycles. The first-order valence-electron chi connectivity index (χ1n) is 9.14. The Labute approximate surface area is 162 Å². The van der Waals surface area contributed by atoms with Crippen LogP contribution >= 0.6 is 0 Å². The zero-order valence-electron chi connectivity index (χ0n) is 16.0. The van der Waals surface area contributed by atoms with Crippen LogP contribution in [0.2, 0.25) is 0 Å². The molecule has 28 heavy (non-hydrogen) atoms. The molecule has 6 nitrogen and oxygen atoms in total. The molecule has 1 heterocycles. The maximum absolute atomic E-state index is 12.9. The summed E-state index contributed by atoms with van der Waals surface area (Å²) in [6.45, 7) is 0.727. The van der Waals surface area contributed by atoms with E-state index in [4.69, 9.17) is 0 Å². The number of carbonyl (C=O) groups excluding carboxylic acids is 1. The van der Waals surface area contributed by atoms with Gasteiger partial charge in [-0.05, 0) is 36.2 Å². The Morgan fingerprint density at radius 3 is 2.57 bits per heavy atom. The topological polar surface area (TPSA) is 67.2 Å². The van der Waals surface area contributed by atoms with E-state index in [2.05, 4.69) is 10.3 Å². The van der Waals surface area contributed by atoms with Crippen molar-refractivity contribution in [1.82, 2.24) is 14.9 Å². The Kier molecular flexibility index (Phi) is 6.03. The smallest absolute Gasteiger partial charge is 0.293 e. The van der Waals surface area contributed by atoms with Crippen molar-refractivity contribution < 1.29 is 9.18 Å². The third-order valence-electron chi connectivity index (χ3n) is 4.47. The third kappa shape index (κ3) is 4.54. The van der Waals surface area contributed by atoms with Crippen LogP contribution in [0.3, 0.4) is 0 Å². The summed E-state index contributed by atoms with van der Waals surface area (Å²) >= 11 is 0. The largest absolute Gasteiger partial charge is 0.358 e. The molecule has 0 bridgehead atoms. The number of carbonyl (C=O) groups is 1. The number of nitrogens with zero attached hydrogens (tertiary/aromatic N) is 3. The summed E-state index contributed by atoms with van der Waals surface area (Å²) in [6.07, 6.45) is 0.805. The fraction of sp³-hybridized carbons (Fsp3) is 0.286. The van der Waals surface area contributed by atoms with Gasteiger partial charge in [0.25, 0.3) is 5.56 Å². The van der Waals surface area contributed by atoms with Gasteiger partial charge < -0.3 is 14.8 Å². The van der Waals surface area contributed by atoms with Crippen molar-refractivity contribution in [3.05, 3.63) is 70.3 Å². The van der Waals surface area contributed by atoms with Crippen molar-refractivity contribution >= 4 is 22.8 Å². The molecule has 7 heteroatoms. The van der Waals surface area contributed by atoms with E-state index in [1.807, 2.05) is 24.3 Å². The highest BCUT2D eigenvalue weighted by Crippen LogP contribution is 2.13. The van der Waals surface area contributed by atoms with Crippen LogP contribution in [-0.2, 0) is 17.8 Å². The van der Waals surface area contributed by atoms with Gasteiger partial charge in [-0.2, -0.15) is 0 Å². The first-order chi connectivity index (χ1) is 13.5. The van der Waals surface area contributed by atoms with Crippen molar-refractivity contribution in [3.63, 3.8) is 0 Å². The lowest BCUT2D eigenvalue weighted by atomic mass is 10.1. The maximum Gasteiger partial charge on any atom is 0.293 e. The van der Waals surface area contributed by atoms with E-state index in [1.54, 1.807) is 35.7 Å². The summed E-state index contributed by atoms with van der Waals surface area (Å²) in [5.41, 5.74) is 2.15. The number of aryl methyl sites for hydroxylation is 1. The molecular formula is C21H23FN4O2. The van der Waals surface area contributed by atoms with Crippen LogP contribution in [0.5, 0.6) is 0 Å². The van der Waals surface area contributed by atoms with Crippen molar-refractivity contribution in [3.8, 4) is 0 Å². The summed E-state index contributed by atoms with van der Waals surface area (Å²) < 4.78 is 14.5. The van der Waals surface area contributed by atoms with Crippen molar-refractivity contribution in [1.29, 1.82) is 0 Å². The van der Waals surface area contributed by atoms with Crippen LogP contribution < -0.4 is 15.8 Å². The Balaban J connectivity index is 1.65. The predicted octanol–water partition coefficient (Wildman–Crippen LogP) is 2.35. The number of hydrogen-bond donors (Lipinski definition) is 1. The van der Waals surface area contributed by atoms with E-state index in [1.165, 1.54) is 12.1 Å². The molecule has 3 rings (SSSR count). The van der Waals surface area contributed by atoms with Gasteiger partial charge in [0.05, 0.1) is 11.0 Å². The molecule has 0 saturated carbocycles. The number of para-hydroxylation sites is 2. The van der Waals surface area contributed by atoms with E-state index in [-0.39, 0.29) is 30.2 Å². The molecule has 2 aromatic carbocycles. The van der Waals surface area contributed by atoms with E-state index in [0.29, 0.717) is 29.8 Å². The molecule has 0 fully saturated rings. The second kappa shape index (κ2) is 8.65. The average Bonchev–Trinajstić information content (AvgIpc) is 2.68. The normalized spacial score (nSPS) is 10.8. The van der Waals surface area contributed by atoms with Crippen molar-refractivity contribution in [2.24, 2.45) is 0 Å². The maximum atomic E-state index is 12.9. The summed E-state index contributed by atoms with van der Waals surface area (Å²) in [6, 6.07) is 13.6. The standard InChI is InChI=1S/C21H23FN4O2/c1-25(2)20-21(28)26(18-6-4-3-5-17(18)24-20)14-12-19(27)23-13-11-15-7-9-16(22)10-8-15/h3-10H,11-14H2,1-2H3,(H,23,27). The molecule has 0 saturated heterocycles. The minimum atomic E-state index is -0.278. The van der Waals surface area contributed by atoms with Gasteiger partial charge in [0.1, 0.15) is 5.82 Å². The Morgan fingerprint density at radius 2 is 1.86 bits per heavy atom. The molecular weight excluding hydrogens is 359 g/mol. The molecule has 146 valence electrons. The van der Waals surface area contributed by atoms with Gasteiger partial charge in [0.15, 0.2) is 5.82 Å². The number of fused-ring (bicyclic) bond motifs is 1. The van der Waals surface area contributed by atoms with E-state index >= 15 is 0 Å².